The molecule has 2 saturated heterocycles. The molecule has 2 heterocycles. The minimum absolute atomic E-state index is 0.0550. The first-order valence-electron chi connectivity index (χ1n) is 5.29. The van der Waals surface area contributed by atoms with Gasteiger partial charge in [-0.3, -0.25) is 9.69 Å². The first-order valence-corrected chi connectivity index (χ1v) is 5.29. The van der Waals surface area contributed by atoms with Crippen LogP contribution < -0.4 is 0 Å². The van der Waals surface area contributed by atoms with E-state index in [1.165, 1.54) is 0 Å². The number of likely N-dealkylation sites (tertiary alicyclic amines) is 1. The van der Waals surface area contributed by atoms with Crippen molar-refractivity contribution in [3.63, 3.8) is 0 Å². The number of carbonyl (C=O) groups excluding carboxylic acids is 1. The summed E-state index contributed by atoms with van der Waals surface area (Å²) in [6, 6.07) is -0.0579. The Morgan fingerprint density at radius 1 is 1.43 bits per heavy atom. The summed E-state index contributed by atoms with van der Waals surface area (Å²) in [7, 11) is 0. The second kappa shape index (κ2) is 3.87. The Bertz CT molecular complexity index is 223. The molecule has 2 rings (SSSR count). The third-order valence-corrected chi connectivity index (χ3v) is 3.08. The number of hydrogen-bond donors (Lipinski definition) is 1. The van der Waals surface area contributed by atoms with Gasteiger partial charge in [0.2, 0.25) is 0 Å². The van der Waals surface area contributed by atoms with Crippen molar-refractivity contribution in [3.05, 3.63) is 0 Å². The van der Waals surface area contributed by atoms with Gasteiger partial charge in [-0.15, -0.1) is 0 Å². The van der Waals surface area contributed by atoms with Crippen LogP contribution in [0, 0.1) is 0 Å². The molecule has 2 aliphatic rings. The molecule has 0 aromatic rings. The largest absolute Gasteiger partial charge is 0.461 e. The molecule has 0 amide bonds. The van der Waals surface area contributed by atoms with Crippen molar-refractivity contribution in [2.75, 3.05) is 13.1 Å². The van der Waals surface area contributed by atoms with Crippen molar-refractivity contribution < 1.29 is 14.6 Å². The summed E-state index contributed by atoms with van der Waals surface area (Å²) in [6.07, 6.45) is 2.23. The molecule has 14 heavy (non-hydrogen) atoms. The predicted octanol–water partition coefficient (Wildman–Crippen LogP) is 0.147. The number of piperidine rings is 1. The van der Waals surface area contributed by atoms with Crippen LogP contribution in [0.5, 0.6) is 0 Å². The molecule has 0 radical (unpaired) electrons. The van der Waals surface area contributed by atoms with Gasteiger partial charge in [-0.1, -0.05) is 0 Å². The van der Waals surface area contributed by atoms with Crippen LogP contribution in [-0.4, -0.2) is 47.3 Å². The molecule has 0 spiro atoms. The number of aliphatic hydroxyl groups excluding tert-OH is 1. The summed E-state index contributed by atoms with van der Waals surface area (Å²) < 4.78 is 5.11. The molecule has 0 saturated carbocycles. The Labute approximate surface area is 83.8 Å². The van der Waals surface area contributed by atoms with Crippen molar-refractivity contribution in [1.29, 1.82) is 0 Å². The molecule has 0 unspecified atom stereocenters. The monoisotopic (exact) mass is 199 g/mol. The fourth-order valence-corrected chi connectivity index (χ4v) is 2.23. The zero-order valence-corrected chi connectivity index (χ0v) is 8.48. The zero-order chi connectivity index (χ0) is 10.1. The predicted molar refractivity (Wildman–Crippen MR) is 50.8 cm³/mol. The Morgan fingerprint density at radius 2 is 2.07 bits per heavy atom. The molecule has 0 bridgehead atoms. The molecule has 0 aliphatic carbocycles. The second-order valence-electron chi connectivity index (χ2n) is 4.27. The van der Waals surface area contributed by atoms with Crippen molar-refractivity contribution in [2.45, 2.75) is 44.4 Å². The van der Waals surface area contributed by atoms with Gasteiger partial charge in [0.1, 0.15) is 12.1 Å². The summed E-state index contributed by atoms with van der Waals surface area (Å²) in [5.41, 5.74) is 0. The van der Waals surface area contributed by atoms with Gasteiger partial charge in [-0.25, -0.2) is 0 Å². The average molecular weight is 199 g/mol. The Hall–Kier alpha value is -0.610. The summed E-state index contributed by atoms with van der Waals surface area (Å²) in [4.78, 5) is 13.6. The molecule has 2 atom stereocenters. The number of esters is 1. The van der Waals surface area contributed by atoms with E-state index in [0.717, 1.165) is 32.4 Å². The van der Waals surface area contributed by atoms with Crippen LogP contribution in [0.2, 0.25) is 0 Å². The SMILES string of the molecule is C[C@H]1C[C@H](N2CCC(O)CC2)C(=O)O1. The summed E-state index contributed by atoms with van der Waals surface area (Å²) in [6.45, 7) is 3.55. The van der Waals surface area contributed by atoms with Crippen LogP contribution in [0.4, 0.5) is 0 Å². The molecule has 4 nitrogen and oxygen atoms in total. The quantitative estimate of drug-likeness (QED) is 0.611. The maximum Gasteiger partial charge on any atom is 0.323 e. The van der Waals surface area contributed by atoms with Gasteiger partial charge in [0.25, 0.3) is 0 Å². The van der Waals surface area contributed by atoms with Gasteiger partial charge in [-0.2, -0.15) is 0 Å². The molecule has 2 fully saturated rings. The van der Waals surface area contributed by atoms with E-state index in [0.29, 0.717) is 0 Å². The number of ether oxygens (including phenoxy) is 1. The normalized spacial score (nSPS) is 36.0. The minimum Gasteiger partial charge on any atom is -0.461 e. The third-order valence-electron chi connectivity index (χ3n) is 3.08. The van der Waals surface area contributed by atoms with Crippen molar-refractivity contribution in [3.8, 4) is 0 Å². The number of carbonyl (C=O) groups is 1. The van der Waals surface area contributed by atoms with Gasteiger partial charge in [0.15, 0.2) is 0 Å². The lowest BCUT2D eigenvalue weighted by Crippen LogP contribution is -2.44. The average Bonchev–Trinajstić information content (AvgIpc) is 2.47. The van der Waals surface area contributed by atoms with Gasteiger partial charge in [0.05, 0.1) is 6.10 Å². The van der Waals surface area contributed by atoms with Gasteiger partial charge < -0.3 is 9.84 Å². The van der Waals surface area contributed by atoms with E-state index in [-0.39, 0.29) is 24.2 Å². The molecule has 2 aliphatic heterocycles. The van der Waals surface area contributed by atoms with Crippen molar-refractivity contribution >= 4 is 5.97 Å². The first kappa shape index (κ1) is 9.93. The van der Waals surface area contributed by atoms with Crippen molar-refractivity contribution in [2.24, 2.45) is 0 Å². The fraction of sp³-hybridized carbons (Fsp3) is 0.900. The van der Waals surface area contributed by atoms with Crippen molar-refractivity contribution in [1.82, 2.24) is 4.90 Å². The summed E-state index contributed by atoms with van der Waals surface area (Å²) in [5.74, 6) is -0.0890. The number of hydrogen-bond acceptors (Lipinski definition) is 4. The smallest absolute Gasteiger partial charge is 0.323 e. The van der Waals surface area contributed by atoms with E-state index in [2.05, 4.69) is 4.90 Å². The molecule has 4 heteroatoms. The number of cyclic esters (lactones) is 1. The van der Waals surface area contributed by atoms with Gasteiger partial charge >= 0.3 is 5.97 Å². The van der Waals surface area contributed by atoms with Gasteiger partial charge in [-0.05, 0) is 19.8 Å². The van der Waals surface area contributed by atoms with Crippen LogP contribution in [0.15, 0.2) is 0 Å². The second-order valence-corrected chi connectivity index (χ2v) is 4.27. The highest BCUT2D eigenvalue weighted by molar-refractivity contribution is 5.78. The maximum atomic E-state index is 11.4. The highest BCUT2D eigenvalue weighted by Gasteiger charge is 2.37. The van der Waals surface area contributed by atoms with Crippen LogP contribution in [-0.2, 0) is 9.53 Å². The molecule has 0 aromatic carbocycles. The number of aliphatic hydroxyl groups is 1. The molecule has 1 N–H and O–H groups in total. The lowest BCUT2D eigenvalue weighted by atomic mass is 10.0. The fourth-order valence-electron chi connectivity index (χ4n) is 2.23. The summed E-state index contributed by atoms with van der Waals surface area (Å²) >= 11 is 0. The van der Waals surface area contributed by atoms with E-state index in [4.69, 9.17) is 4.74 Å². The topological polar surface area (TPSA) is 49.8 Å². The first-order chi connectivity index (χ1) is 6.66. The maximum absolute atomic E-state index is 11.4. The highest BCUT2D eigenvalue weighted by Crippen LogP contribution is 2.23. The van der Waals surface area contributed by atoms with Crippen LogP contribution >= 0.6 is 0 Å². The molecular formula is C10H17NO3. The van der Waals surface area contributed by atoms with Gasteiger partial charge in [0, 0.05) is 19.5 Å². The molecule has 80 valence electrons. The zero-order valence-electron chi connectivity index (χ0n) is 8.48. The number of nitrogens with zero attached hydrogens (tertiary/aromatic N) is 1. The van der Waals surface area contributed by atoms with E-state index in [1.807, 2.05) is 6.92 Å². The van der Waals surface area contributed by atoms with E-state index < -0.39 is 0 Å². The summed E-state index contributed by atoms with van der Waals surface area (Å²) in [5, 5.41) is 9.34. The van der Waals surface area contributed by atoms with E-state index in [1.54, 1.807) is 0 Å². The van der Waals surface area contributed by atoms with Crippen LogP contribution in [0.25, 0.3) is 0 Å². The molecule has 0 aromatic heterocycles. The van der Waals surface area contributed by atoms with Crippen LogP contribution in [0.1, 0.15) is 26.2 Å². The van der Waals surface area contributed by atoms with E-state index in [9.17, 15) is 9.90 Å². The van der Waals surface area contributed by atoms with E-state index >= 15 is 0 Å². The number of rotatable bonds is 1. The lowest BCUT2D eigenvalue weighted by molar-refractivity contribution is -0.145. The molecular weight excluding hydrogens is 182 g/mol. The Morgan fingerprint density at radius 3 is 2.57 bits per heavy atom. The highest BCUT2D eigenvalue weighted by atomic mass is 16.6. The lowest BCUT2D eigenvalue weighted by Gasteiger charge is -2.32. The standard InChI is InChI=1S/C10H17NO3/c1-7-6-9(10(13)14-7)11-4-2-8(12)3-5-11/h7-9,12H,2-6H2,1H3/t7-,9-/m0/s1. The Balaban J connectivity index is 1.92. The Kier molecular flexibility index (Phi) is 2.74. The van der Waals surface area contributed by atoms with Crippen LogP contribution in [0.3, 0.4) is 0 Å². The third kappa shape index (κ3) is 1.91. The minimum atomic E-state index is -0.180.